The van der Waals surface area contributed by atoms with Crippen LogP contribution in [0.2, 0.25) is 5.02 Å². The number of aliphatic hydroxyl groups is 1. The summed E-state index contributed by atoms with van der Waals surface area (Å²) in [5, 5.41) is 24.4. The Bertz CT molecular complexity index is 617. The lowest BCUT2D eigenvalue weighted by atomic mass is 10.1. The smallest absolute Gasteiger partial charge is 0.269 e. The summed E-state index contributed by atoms with van der Waals surface area (Å²) in [6, 6.07) is 13.4. The highest BCUT2D eigenvalue weighted by Crippen LogP contribution is 2.18. The Kier molecular flexibility index (Phi) is 5.27. The van der Waals surface area contributed by atoms with Crippen molar-refractivity contribution in [3.05, 3.63) is 74.8 Å². The number of nitro groups is 1. The molecule has 0 radical (unpaired) electrons. The molecule has 0 amide bonds. The molecule has 5 nitrogen and oxygen atoms in total. The van der Waals surface area contributed by atoms with Crippen molar-refractivity contribution in [3.63, 3.8) is 0 Å². The van der Waals surface area contributed by atoms with E-state index in [4.69, 9.17) is 11.6 Å². The van der Waals surface area contributed by atoms with Crippen molar-refractivity contribution in [1.82, 2.24) is 5.32 Å². The second kappa shape index (κ2) is 7.17. The predicted octanol–water partition coefficient (Wildman–Crippen LogP) is 3.07. The Morgan fingerprint density at radius 3 is 2.48 bits per heavy atom. The molecule has 0 aliphatic carbocycles. The largest absolute Gasteiger partial charge is 0.387 e. The summed E-state index contributed by atoms with van der Waals surface area (Å²) in [6.45, 7) is 0.882. The number of halogens is 1. The zero-order valence-corrected chi connectivity index (χ0v) is 12.0. The van der Waals surface area contributed by atoms with E-state index >= 15 is 0 Å². The van der Waals surface area contributed by atoms with E-state index in [0.29, 0.717) is 23.7 Å². The fourth-order valence-corrected chi connectivity index (χ4v) is 2.12. The molecule has 0 saturated heterocycles. The molecule has 0 fully saturated rings. The van der Waals surface area contributed by atoms with Crippen molar-refractivity contribution in [2.75, 3.05) is 6.54 Å². The van der Waals surface area contributed by atoms with Gasteiger partial charge in [0.15, 0.2) is 0 Å². The van der Waals surface area contributed by atoms with E-state index in [0.717, 1.165) is 5.56 Å². The average molecular weight is 307 g/mol. The van der Waals surface area contributed by atoms with Crippen molar-refractivity contribution >= 4 is 17.3 Å². The second-order valence-corrected chi connectivity index (χ2v) is 4.99. The molecule has 0 aliphatic heterocycles. The maximum absolute atomic E-state index is 10.6. The van der Waals surface area contributed by atoms with Gasteiger partial charge >= 0.3 is 0 Å². The molecule has 0 aliphatic rings. The highest BCUT2D eigenvalue weighted by atomic mass is 35.5. The van der Waals surface area contributed by atoms with E-state index < -0.39 is 11.0 Å². The van der Waals surface area contributed by atoms with E-state index in [1.165, 1.54) is 12.1 Å². The summed E-state index contributed by atoms with van der Waals surface area (Å²) in [7, 11) is 0. The van der Waals surface area contributed by atoms with Gasteiger partial charge in [-0.2, -0.15) is 0 Å². The third kappa shape index (κ3) is 4.26. The van der Waals surface area contributed by atoms with Crippen LogP contribution >= 0.6 is 11.6 Å². The third-order valence-electron chi connectivity index (χ3n) is 3.10. The Balaban J connectivity index is 1.88. The summed E-state index contributed by atoms with van der Waals surface area (Å²) in [4.78, 5) is 10.1. The Morgan fingerprint density at radius 1 is 1.19 bits per heavy atom. The number of aliphatic hydroxyl groups excluding tert-OH is 1. The van der Waals surface area contributed by atoms with Crippen LogP contribution in [0.25, 0.3) is 0 Å². The molecule has 1 atom stereocenters. The minimum atomic E-state index is -0.728. The van der Waals surface area contributed by atoms with Crippen molar-refractivity contribution in [2.45, 2.75) is 12.6 Å². The van der Waals surface area contributed by atoms with Crippen molar-refractivity contribution in [1.29, 1.82) is 0 Å². The van der Waals surface area contributed by atoms with Crippen LogP contribution in [0.1, 0.15) is 17.2 Å². The molecular formula is C15H15ClN2O3. The lowest BCUT2D eigenvalue weighted by Gasteiger charge is -2.12. The summed E-state index contributed by atoms with van der Waals surface area (Å²) in [5.74, 6) is 0. The molecule has 0 saturated carbocycles. The van der Waals surface area contributed by atoms with Crippen molar-refractivity contribution < 1.29 is 10.0 Å². The van der Waals surface area contributed by atoms with Crippen LogP contribution in [0.3, 0.4) is 0 Å². The first kappa shape index (κ1) is 15.4. The summed E-state index contributed by atoms with van der Waals surface area (Å²) in [5.41, 5.74) is 1.59. The molecule has 2 N–H and O–H groups in total. The Labute approximate surface area is 127 Å². The van der Waals surface area contributed by atoms with Gasteiger partial charge in [-0.25, -0.2) is 0 Å². The molecule has 6 heteroatoms. The molecule has 0 aromatic heterocycles. The lowest BCUT2D eigenvalue weighted by Crippen LogP contribution is -2.21. The monoisotopic (exact) mass is 306 g/mol. The van der Waals surface area contributed by atoms with E-state index in [9.17, 15) is 15.2 Å². The first-order valence-corrected chi connectivity index (χ1v) is 6.82. The van der Waals surface area contributed by atoms with Gasteiger partial charge in [0.25, 0.3) is 5.69 Å². The highest BCUT2D eigenvalue weighted by molar-refractivity contribution is 6.31. The maximum Gasteiger partial charge on any atom is 0.269 e. The Hall–Kier alpha value is -1.95. The van der Waals surface area contributed by atoms with Crippen LogP contribution < -0.4 is 5.32 Å². The van der Waals surface area contributed by atoms with Crippen molar-refractivity contribution in [3.8, 4) is 0 Å². The third-order valence-corrected chi connectivity index (χ3v) is 3.47. The summed E-state index contributed by atoms with van der Waals surface area (Å²) in [6.07, 6.45) is -0.728. The van der Waals surface area contributed by atoms with Gasteiger partial charge in [-0.15, -0.1) is 0 Å². The molecular weight excluding hydrogens is 292 g/mol. The molecule has 2 aromatic carbocycles. The van der Waals surface area contributed by atoms with Gasteiger partial charge in [0.05, 0.1) is 11.0 Å². The van der Waals surface area contributed by atoms with Gasteiger partial charge in [0, 0.05) is 30.2 Å². The van der Waals surface area contributed by atoms with Gasteiger partial charge in [-0.05, 0) is 29.3 Å². The Morgan fingerprint density at radius 2 is 1.86 bits per heavy atom. The molecule has 0 heterocycles. The number of nitro benzene ring substituents is 1. The topological polar surface area (TPSA) is 75.4 Å². The minimum Gasteiger partial charge on any atom is -0.387 e. The second-order valence-electron chi connectivity index (χ2n) is 4.59. The van der Waals surface area contributed by atoms with Crippen LogP contribution in [-0.2, 0) is 6.54 Å². The van der Waals surface area contributed by atoms with Gasteiger partial charge in [-0.3, -0.25) is 10.1 Å². The molecule has 2 rings (SSSR count). The van der Waals surface area contributed by atoms with Crippen LogP contribution in [0, 0.1) is 10.1 Å². The molecule has 110 valence electrons. The average Bonchev–Trinajstić information content (AvgIpc) is 2.49. The number of nitrogens with one attached hydrogen (secondary N) is 1. The van der Waals surface area contributed by atoms with Gasteiger partial charge in [-0.1, -0.05) is 29.8 Å². The van der Waals surface area contributed by atoms with E-state index in [2.05, 4.69) is 5.32 Å². The number of non-ortho nitro benzene ring substituents is 1. The fourth-order valence-electron chi connectivity index (χ4n) is 1.92. The fraction of sp³-hybridized carbons (Fsp3) is 0.200. The minimum absolute atomic E-state index is 0.00924. The normalized spacial score (nSPS) is 12.1. The number of nitrogens with zero attached hydrogens (tertiary/aromatic N) is 1. The number of hydrogen-bond donors (Lipinski definition) is 2. The van der Waals surface area contributed by atoms with E-state index in [1.54, 1.807) is 12.1 Å². The van der Waals surface area contributed by atoms with Crippen molar-refractivity contribution in [2.24, 2.45) is 0 Å². The molecule has 1 unspecified atom stereocenters. The quantitative estimate of drug-likeness (QED) is 0.635. The molecule has 21 heavy (non-hydrogen) atoms. The molecule has 2 aromatic rings. The predicted molar refractivity (Wildman–Crippen MR) is 81.2 cm³/mol. The summed E-state index contributed by atoms with van der Waals surface area (Å²) < 4.78 is 0. The van der Waals surface area contributed by atoms with Crippen LogP contribution in [0.4, 0.5) is 5.69 Å². The van der Waals surface area contributed by atoms with E-state index in [-0.39, 0.29) is 5.69 Å². The summed E-state index contributed by atoms with van der Waals surface area (Å²) >= 11 is 6.04. The number of rotatable bonds is 6. The van der Waals surface area contributed by atoms with Gasteiger partial charge in [0.1, 0.15) is 0 Å². The zero-order valence-electron chi connectivity index (χ0n) is 11.2. The van der Waals surface area contributed by atoms with Gasteiger partial charge in [0.2, 0.25) is 0 Å². The molecule has 0 bridgehead atoms. The van der Waals surface area contributed by atoms with Gasteiger partial charge < -0.3 is 10.4 Å². The van der Waals surface area contributed by atoms with Crippen LogP contribution in [0.5, 0.6) is 0 Å². The highest BCUT2D eigenvalue weighted by Gasteiger charge is 2.10. The molecule has 0 spiro atoms. The van der Waals surface area contributed by atoms with Crippen LogP contribution in [-0.4, -0.2) is 16.6 Å². The lowest BCUT2D eigenvalue weighted by molar-refractivity contribution is -0.384. The zero-order chi connectivity index (χ0) is 15.2. The number of hydrogen-bond acceptors (Lipinski definition) is 4. The maximum atomic E-state index is 10.6. The number of benzene rings is 2. The standard InChI is InChI=1S/C15H15ClN2O3/c16-14-4-2-1-3-12(14)9-17-10-15(19)11-5-7-13(8-6-11)18(20)21/h1-8,15,17,19H,9-10H2. The van der Waals surface area contributed by atoms with E-state index in [1.807, 2.05) is 24.3 Å². The first-order valence-electron chi connectivity index (χ1n) is 6.44. The SMILES string of the molecule is O=[N+]([O-])c1ccc(C(O)CNCc2ccccc2Cl)cc1. The first-order chi connectivity index (χ1) is 10.1. The van der Waals surface area contributed by atoms with Crippen LogP contribution in [0.15, 0.2) is 48.5 Å².